The fourth-order valence-electron chi connectivity index (χ4n) is 1.98. The maximum atomic E-state index is 14.2. The molecule has 0 aliphatic rings. The lowest BCUT2D eigenvalue weighted by Crippen LogP contribution is -2.02. The van der Waals surface area contributed by atoms with Crippen LogP contribution in [0.2, 0.25) is 0 Å². The van der Waals surface area contributed by atoms with E-state index in [1.165, 1.54) is 17.7 Å². The second kappa shape index (κ2) is 5.45. The number of H-pyrrole nitrogens is 1. The van der Waals surface area contributed by atoms with Gasteiger partial charge in [-0.2, -0.15) is 5.10 Å². The Morgan fingerprint density at radius 2 is 2.14 bits per heavy atom. The summed E-state index contributed by atoms with van der Waals surface area (Å²) in [4.78, 5) is 4.22. The molecule has 0 aliphatic carbocycles. The van der Waals surface area contributed by atoms with E-state index in [0.717, 1.165) is 0 Å². The minimum atomic E-state index is -0.425. The Kier molecular flexibility index (Phi) is 3.49. The number of nitrogens with one attached hydrogen (secondary N) is 1. The number of rotatable bonds is 3. The molecule has 0 fully saturated rings. The fraction of sp³-hybridized carbons (Fsp3) is 0.0714. The molecule has 1 aromatic carbocycles. The molecule has 106 valence electrons. The maximum Gasteiger partial charge on any atom is 0.200 e. The summed E-state index contributed by atoms with van der Waals surface area (Å²) in [5.74, 6) is 0.541. The zero-order valence-corrected chi connectivity index (χ0v) is 11.9. The van der Waals surface area contributed by atoms with Crippen LogP contribution in [0.4, 0.5) is 4.39 Å². The lowest BCUT2D eigenvalue weighted by Gasteiger charge is -2.09. The van der Waals surface area contributed by atoms with Gasteiger partial charge >= 0.3 is 0 Å². The molecule has 1 N–H and O–H groups in total. The summed E-state index contributed by atoms with van der Waals surface area (Å²) in [7, 11) is 1.52. The van der Waals surface area contributed by atoms with Gasteiger partial charge in [-0.05, 0) is 36.5 Å². The number of aromatic amines is 1. The Hall–Kier alpha value is -2.54. The van der Waals surface area contributed by atoms with Crippen LogP contribution >= 0.6 is 12.2 Å². The quantitative estimate of drug-likeness (QED) is 0.755. The molecular formula is C14H11FN4OS. The van der Waals surface area contributed by atoms with Gasteiger partial charge in [0, 0.05) is 12.3 Å². The van der Waals surface area contributed by atoms with Crippen LogP contribution in [-0.2, 0) is 0 Å². The van der Waals surface area contributed by atoms with Crippen molar-refractivity contribution in [2.24, 2.45) is 0 Å². The average molecular weight is 302 g/mol. The van der Waals surface area contributed by atoms with Crippen molar-refractivity contribution in [2.45, 2.75) is 0 Å². The van der Waals surface area contributed by atoms with Gasteiger partial charge in [-0.25, -0.2) is 4.39 Å². The van der Waals surface area contributed by atoms with Crippen LogP contribution in [0.5, 0.6) is 5.75 Å². The lowest BCUT2D eigenvalue weighted by atomic mass is 10.2. The summed E-state index contributed by atoms with van der Waals surface area (Å²) in [6.07, 6.45) is 1.64. The predicted molar refractivity (Wildman–Crippen MR) is 78.5 cm³/mol. The number of pyridine rings is 1. The Balaban J connectivity index is 2.25. The van der Waals surface area contributed by atoms with Crippen molar-refractivity contribution in [3.63, 3.8) is 0 Å². The molecule has 2 aromatic heterocycles. The molecule has 0 amide bonds. The fourth-order valence-corrected chi connectivity index (χ4v) is 2.21. The molecule has 2 heterocycles. The third-order valence-electron chi connectivity index (χ3n) is 2.96. The van der Waals surface area contributed by atoms with Gasteiger partial charge in [0.2, 0.25) is 0 Å². The van der Waals surface area contributed by atoms with Crippen LogP contribution in [0.25, 0.3) is 17.2 Å². The first kappa shape index (κ1) is 13.4. The highest BCUT2D eigenvalue weighted by Gasteiger charge is 2.15. The molecule has 0 saturated heterocycles. The standard InChI is InChI=1S/C14H11FN4OS/c1-20-9-5-6-10(15)12(8-9)19-13(17-18-14(19)21)11-4-2-3-7-16-11/h2-8H,1H3,(H,18,21). The zero-order valence-electron chi connectivity index (χ0n) is 11.1. The highest BCUT2D eigenvalue weighted by Crippen LogP contribution is 2.25. The third-order valence-corrected chi connectivity index (χ3v) is 3.23. The molecule has 3 aromatic rings. The molecule has 21 heavy (non-hydrogen) atoms. The number of hydrogen-bond donors (Lipinski definition) is 1. The van der Waals surface area contributed by atoms with Crippen molar-refractivity contribution in [3.05, 3.63) is 53.2 Å². The lowest BCUT2D eigenvalue weighted by molar-refractivity contribution is 0.413. The summed E-state index contributed by atoms with van der Waals surface area (Å²) < 4.78 is 21.1. The van der Waals surface area contributed by atoms with Crippen LogP contribution in [0.1, 0.15) is 0 Å². The summed E-state index contributed by atoms with van der Waals surface area (Å²) >= 11 is 5.20. The molecule has 0 radical (unpaired) electrons. The van der Waals surface area contributed by atoms with Crippen molar-refractivity contribution < 1.29 is 9.13 Å². The third kappa shape index (κ3) is 2.43. The molecule has 0 spiro atoms. The maximum absolute atomic E-state index is 14.2. The zero-order chi connectivity index (χ0) is 14.8. The van der Waals surface area contributed by atoms with Crippen molar-refractivity contribution in [1.82, 2.24) is 19.7 Å². The summed E-state index contributed by atoms with van der Waals surface area (Å²) in [6.45, 7) is 0. The number of methoxy groups -OCH3 is 1. The monoisotopic (exact) mass is 302 g/mol. The van der Waals surface area contributed by atoms with Crippen molar-refractivity contribution in [3.8, 4) is 23.0 Å². The smallest absolute Gasteiger partial charge is 0.200 e. The Morgan fingerprint density at radius 1 is 1.29 bits per heavy atom. The summed E-state index contributed by atoms with van der Waals surface area (Å²) in [6, 6.07) is 9.83. The first-order valence-electron chi connectivity index (χ1n) is 6.13. The molecule has 0 bridgehead atoms. The SMILES string of the molecule is COc1ccc(F)c(-n2c(-c3ccccn3)n[nH]c2=S)c1. The topological polar surface area (TPSA) is 55.7 Å². The van der Waals surface area contributed by atoms with Gasteiger partial charge in [0.25, 0.3) is 0 Å². The Labute approximate surface area is 125 Å². The molecule has 5 nitrogen and oxygen atoms in total. The van der Waals surface area contributed by atoms with E-state index in [2.05, 4.69) is 15.2 Å². The Morgan fingerprint density at radius 3 is 2.86 bits per heavy atom. The highest BCUT2D eigenvalue weighted by atomic mass is 32.1. The van der Waals surface area contributed by atoms with E-state index in [1.807, 2.05) is 6.07 Å². The first-order valence-corrected chi connectivity index (χ1v) is 6.54. The minimum absolute atomic E-state index is 0.258. The van der Waals surface area contributed by atoms with Crippen LogP contribution in [0.15, 0.2) is 42.6 Å². The molecule has 7 heteroatoms. The van der Waals surface area contributed by atoms with Gasteiger partial charge < -0.3 is 4.74 Å². The van der Waals surface area contributed by atoms with E-state index in [9.17, 15) is 4.39 Å². The molecule has 0 aliphatic heterocycles. The number of hydrogen-bond acceptors (Lipinski definition) is 4. The van der Waals surface area contributed by atoms with E-state index >= 15 is 0 Å². The van der Waals surface area contributed by atoms with E-state index in [0.29, 0.717) is 17.3 Å². The second-order valence-corrected chi connectivity index (χ2v) is 4.61. The van der Waals surface area contributed by atoms with Gasteiger partial charge in [0.15, 0.2) is 10.6 Å². The van der Waals surface area contributed by atoms with Gasteiger partial charge in [0.05, 0.1) is 12.8 Å². The Bertz CT molecular complexity index is 828. The minimum Gasteiger partial charge on any atom is -0.497 e. The van der Waals surface area contributed by atoms with E-state index in [1.54, 1.807) is 30.5 Å². The normalized spacial score (nSPS) is 10.6. The molecule has 3 rings (SSSR count). The van der Waals surface area contributed by atoms with Crippen molar-refractivity contribution in [1.29, 1.82) is 0 Å². The van der Waals surface area contributed by atoms with Crippen LogP contribution in [-0.4, -0.2) is 26.9 Å². The van der Waals surface area contributed by atoms with Crippen molar-refractivity contribution in [2.75, 3.05) is 7.11 Å². The summed E-state index contributed by atoms with van der Waals surface area (Å²) in [5, 5.41) is 6.80. The largest absolute Gasteiger partial charge is 0.497 e. The van der Waals surface area contributed by atoms with Crippen LogP contribution < -0.4 is 4.74 Å². The van der Waals surface area contributed by atoms with E-state index < -0.39 is 5.82 Å². The van der Waals surface area contributed by atoms with Gasteiger partial charge in [0.1, 0.15) is 17.3 Å². The number of aromatic nitrogens is 4. The highest BCUT2D eigenvalue weighted by molar-refractivity contribution is 7.71. The van der Waals surface area contributed by atoms with E-state index in [4.69, 9.17) is 17.0 Å². The average Bonchev–Trinajstić information content (AvgIpc) is 2.90. The van der Waals surface area contributed by atoms with Gasteiger partial charge in [-0.3, -0.25) is 14.6 Å². The van der Waals surface area contributed by atoms with E-state index in [-0.39, 0.29) is 10.5 Å². The van der Waals surface area contributed by atoms with Gasteiger partial charge in [-0.1, -0.05) is 6.07 Å². The molecular weight excluding hydrogens is 291 g/mol. The number of nitrogens with zero attached hydrogens (tertiary/aromatic N) is 3. The predicted octanol–water partition coefficient (Wildman–Crippen LogP) is 3.14. The first-order chi connectivity index (χ1) is 10.2. The number of halogens is 1. The van der Waals surface area contributed by atoms with Crippen molar-refractivity contribution >= 4 is 12.2 Å². The summed E-state index contributed by atoms with van der Waals surface area (Å²) in [5.41, 5.74) is 0.848. The van der Waals surface area contributed by atoms with Gasteiger partial charge in [-0.15, -0.1) is 0 Å². The molecule has 0 unspecified atom stereocenters. The molecule has 0 atom stereocenters. The van der Waals surface area contributed by atoms with Crippen LogP contribution in [0.3, 0.4) is 0 Å². The molecule has 0 saturated carbocycles. The number of benzene rings is 1. The van der Waals surface area contributed by atoms with Crippen LogP contribution in [0, 0.1) is 10.6 Å². The second-order valence-electron chi connectivity index (χ2n) is 4.22. The number of ether oxygens (including phenoxy) is 1.